The van der Waals surface area contributed by atoms with Crippen molar-refractivity contribution in [1.29, 1.82) is 0 Å². The van der Waals surface area contributed by atoms with E-state index in [1.54, 1.807) is 30.3 Å². The van der Waals surface area contributed by atoms with E-state index in [2.05, 4.69) is 17.2 Å². The van der Waals surface area contributed by atoms with Crippen molar-refractivity contribution < 1.29 is 14.7 Å². The Morgan fingerprint density at radius 1 is 0.714 bits per heavy atom. The molecule has 0 heterocycles. The third-order valence-electron chi connectivity index (χ3n) is 6.19. The van der Waals surface area contributed by atoms with Crippen LogP contribution in [-0.2, 0) is 13.1 Å². The number of carbonyl (C=O) groups is 2. The lowest BCUT2D eigenvalue weighted by Crippen LogP contribution is -2.24. The van der Waals surface area contributed by atoms with Gasteiger partial charge < -0.3 is 15.7 Å². The molecule has 0 saturated carbocycles. The van der Waals surface area contributed by atoms with Crippen LogP contribution in [0.1, 0.15) is 48.5 Å². The van der Waals surface area contributed by atoms with Crippen LogP contribution in [0.3, 0.4) is 0 Å². The Hall–Kier alpha value is -4.64. The van der Waals surface area contributed by atoms with Gasteiger partial charge in [-0.15, -0.1) is 0 Å². The van der Waals surface area contributed by atoms with E-state index < -0.39 is 0 Å². The lowest BCUT2D eigenvalue weighted by atomic mass is 9.82. The SMILES string of the molecule is C=Cc1ccc(CNc2cc(O)c(NCc3ccccc3)c3c2C(=O)c2ccccc2C3=O)cc1. The zero-order valence-corrected chi connectivity index (χ0v) is 19.0. The molecule has 1 aliphatic rings. The van der Waals surface area contributed by atoms with E-state index in [0.29, 0.717) is 29.9 Å². The maximum absolute atomic E-state index is 13.6. The van der Waals surface area contributed by atoms with Crippen LogP contribution in [-0.4, -0.2) is 16.7 Å². The molecule has 0 amide bonds. The number of aromatic hydroxyl groups is 1. The summed E-state index contributed by atoms with van der Waals surface area (Å²) < 4.78 is 0. The molecule has 172 valence electrons. The molecule has 4 aromatic rings. The minimum Gasteiger partial charge on any atom is -0.506 e. The average Bonchev–Trinajstić information content (AvgIpc) is 2.90. The Morgan fingerprint density at radius 3 is 1.94 bits per heavy atom. The largest absolute Gasteiger partial charge is 0.506 e. The van der Waals surface area contributed by atoms with Gasteiger partial charge in [0.15, 0.2) is 11.6 Å². The molecule has 4 aromatic carbocycles. The third kappa shape index (κ3) is 4.20. The smallest absolute Gasteiger partial charge is 0.196 e. The Labute approximate surface area is 203 Å². The fraction of sp³-hybridized carbons (Fsp3) is 0.0667. The van der Waals surface area contributed by atoms with Crippen LogP contribution in [0.5, 0.6) is 5.75 Å². The van der Waals surface area contributed by atoms with Crippen molar-refractivity contribution in [3.8, 4) is 5.75 Å². The zero-order chi connectivity index (χ0) is 24.4. The highest BCUT2D eigenvalue weighted by Gasteiger charge is 2.35. The van der Waals surface area contributed by atoms with E-state index in [1.165, 1.54) is 6.07 Å². The van der Waals surface area contributed by atoms with Crippen molar-refractivity contribution in [2.75, 3.05) is 10.6 Å². The van der Waals surface area contributed by atoms with E-state index >= 15 is 0 Å². The molecule has 0 saturated heterocycles. The van der Waals surface area contributed by atoms with Crippen LogP contribution in [0.2, 0.25) is 0 Å². The Morgan fingerprint density at radius 2 is 1.29 bits per heavy atom. The molecule has 0 spiro atoms. The summed E-state index contributed by atoms with van der Waals surface area (Å²) in [5.74, 6) is -0.632. The number of hydrogen-bond donors (Lipinski definition) is 3. The van der Waals surface area contributed by atoms with Crippen molar-refractivity contribution in [1.82, 2.24) is 0 Å². The quantitative estimate of drug-likeness (QED) is 0.258. The van der Waals surface area contributed by atoms with Crippen LogP contribution in [0, 0.1) is 0 Å². The van der Waals surface area contributed by atoms with Gasteiger partial charge in [0, 0.05) is 30.3 Å². The maximum Gasteiger partial charge on any atom is 0.196 e. The van der Waals surface area contributed by atoms with E-state index in [-0.39, 0.29) is 34.1 Å². The number of rotatable bonds is 7. The molecule has 5 heteroatoms. The van der Waals surface area contributed by atoms with E-state index in [0.717, 1.165) is 16.7 Å². The van der Waals surface area contributed by atoms with Gasteiger partial charge in [-0.2, -0.15) is 0 Å². The van der Waals surface area contributed by atoms with Crippen LogP contribution < -0.4 is 10.6 Å². The van der Waals surface area contributed by atoms with E-state index in [4.69, 9.17) is 0 Å². The summed E-state index contributed by atoms with van der Waals surface area (Å²) in [6.07, 6.45) is 1.77. The molecule has 5 nitrogen and oxygen atoms in total. The lowest BCUT2D eigenvalue weighted by molar-refractivity contribution is 0.0980. The predicted octanol–water partition coefficient (Wildman–Crippen LogP) is 6.03. The Kier molecular flexibility index (Phi) is 5.90. The fourth-order valence-electron chi connectivity index (χ4n) is 4.35. The zero-order valence-electron chi connectivity index (χ0n) is 19.0. The van der Waals surface area contributed by atoms with Crippen molar-refractivity contribution in [2.24, 2.45) is 0 Å². The minimum absolute atomic E-state index is 0.0929. The number of phenolic OH excluding ortho intramolecular Hbond substituents is 1. The number of ketones is 2. The van der Waals surface area contributed by atoms with Crippen molar-refractivity contribution in [3.63, 3.8) is 0 Å². The highest BCUT2D eigenvalue weighted by atomic mass is 16.3. The van der Waals surface area contributed by atoms with E-state index in [1.807, 2.05) is 54.6 Å². The van der Waals surface area contributed by atoms with Gasteiger partial charge in [-0.05, 0) is 16.7 Å². The number of carbonyl (C=O) groups excluding carboxylic acids is 2. The molecule has 0 unspecified atom stereocenters. The third-order valence-corrected chi connectivity index (χ3v) is 6.19. The first-order valence-electron chi connectivity index (χ1n) is 11.4. The number of benzene rings is 4. The molecule has 0 aromatic heterocycles. The second-order valence-electron chi connectivity index (χ2n) is 8.41. The van der Waals surface area contributed by atoms with Crippen LogP contribution in [0.25, 0.3) is 6.08 Å². The van der Waals surface area contributed by atoms with Crippen molar-refractivity contribution >= 4 is 29.0 Å². The number of nitrogens with one attached hydrogen (secondary N) is 2. The standard InChI is InChI=1S/C30H24N2O3/c1-2-19-12-14-21(15-13-19)17-31-24-16-25(33)28(32-18-20-8-4-3-5-9-20)27-26(24)29(34)22-10-6-7-11-23(22)30(27)35/h2-16,31-33H,1,17-18H2. The fourth-order valence-corrected chi connectivity index (χ4v) is 4.35. The lowest BCUT2D eigenvalue weighted by Gasteiger charge is -2.25. The predicted molar refractivity (Wildman–Crippen MR) is 139 cm³/mol. The van der Waals surface area contributed by atoms with Gasteiger partial charge in [0.25, 0.3) is 0 Å². The molecule has 3 N–H and O–H groups in total. The summed E-state index contributed by atoms with van der Waals surface area (Å²) in [5, 5.41) is 17.4. The molecule has 0 bridgehead atoms. The van der Waals surface area contributed by atoms with E-state index in [9.17, 15) is 14.7 Å². The normalized spacial score (nSPS) is 12.0. The van der Waals surface area contributed by atoms with Crippen LogP contribution in [0.15, 0.2) is 91.5 Å². The molecule has 5 rings (SSSR count). The molecule has 1 aliphatic carbocycles. The van der Waals surface area contributed by atoms with Crippen LogP contribution >= 0.6 is 0 Å². The second-order valence-corrected chi connectivity index (χ2v) is 8.41. The molecular weight excluding hydrogens is 436 g/mol. The summed E-state index contributed by atoms with van der Waals surface area (Å²) in [6.45, 7) is 4.58. The molecule has 0 atom stereocenters. The molecule has 0 aliphatic heterocycles. The highest BCUT2D eigenvalue weighted by molar-refractivity contribution is 6.32. The second kappa shape index (κ2) is 9.31. The average molecular weight is 461 g/mol. The molecular formula is C30H24N2O3. The van der Waals surface area contributed by atoms with Gasteiger partial charge in [0.2, 0.25) is 0 Å². The topological polar surface area (TPSA) is 78.4 Å². The molecule has 0 fully saturated rings. The van der Waals surface area contributed by atoms with Gasteiger partial charge >= 0.3 is 0 Å². The van der Waals surface area contributed by atoms with Gasteiger partial charge in [0.05, 0.1) is 22.5 Å². The summed E-state index contributed by atoms with van der Waals surface area (Å²) >= 11 is 0. The minimum atomic E-state index is -0.292. The Balaban J connectivity index is 1.56. The number of phenols is 1. The Bertz CT molecular complexity index is 1440. The first-order valence-corrected chi connectivity index (χ1v) is 11.4. The monoisotopic (exact) mass is 460 g/mol. The number of hydrogen-bond acceptors (Lipinski definition) is 5. The molecule has 35 heavy (non-hydrogen) atoms. The van der Waals surface area contributed by atoms with Crippen molar-refractivity contribution in [3.05, 3.63) is 130 Å². The van der Waals surface area contributed by atoms with Crippen LogP contribution in [0.4, 0.5) is 11.4 Å². The highest BCUT2D eigenvalue weighted by Crippen LogP contribution is 2.42. The summed E-state index contributed by atoms with van der Waals surface area (Å²) in [5.41, 5.74) is 4.83. The summed E-state index contributed by atoms with van der Waals surface area (Å²) in [4.78, 5) is 27.2. The molecule has 0 radical (unpaired) electrons. The van der Waals surface area contributed by atoms with Gasteiger partial charge in [-0.3, -0.25) is 9.59 Å². The van der Waals surface area contributed by atoms with Crippen molar-refractivity contribution in [2.45, 2.75) is 13.1 Å². The number of anilines is 2. The van der Waals surface area contributed by atoms with Gasteiger partial charge in [-0.25, -0.2) is 0 Å². The first-order chi connectivity index (χ1) is 17.1. The van der Waals surface area contributed by atoms with Gasteiger partial charge in [0.1, 0.15) is 5.75 Å². The maximum atomic E-state index is 13.6. The first kappa shape index (κ1) is 22.2. The van der Waals surface area contributed by atoms with Gasteiger partial charge in [-0.1, -0.05) is 91.5 Å². The summed E-state index contributed by atoms with van der Waals surface area (Å²) in [6, 6.07) is 25.8. The summed E-state index contributed by atoms with van der Waals surface area (Å²) in [7, 11) is 0. The number of fused-ring (bicyclic) bond motifs is 2.